The number of thioether (sulfide) groups is 1. The number of rotatable bonds is 6. The van der Waals surface area contributed by atoms with Crippen LogP contribution in [0.5, 0.6) is 0 Å². The maximum atomic E-state index is 11.6. The van der Waals surface area contributed by atoms with Crippen molar-refractivity contribution in [2.45, 2.75) is 6.04 Å². The number of hydrogen-bond donors (Lipinski definition) is 3. The van der Waals surface area contributed by atoms with Gasteiger partial charge >= 0.3 is 5.97 Å². The molecule has 2 rings (SSSR count). The fraction of sp³-hybridized carbons (Fsp3) is 0.500. The molecule has 18 heavy (non-hydrogen) atoms. The van der Waals surface area contributed by atoms with Crippen LogP contribution in [0.15, 0.2) is 12.3 Å². The molecule has 0 saturated carbocycles. The molecule has 0 atom stereocenters. The van der Waals surface area contributed by atoms with Gasteiger partial charge in [-0.1, -0.05) is 0 Å². The van der Waals surface area contributed by atoms with Gasteiger partial charge in [0, 0.05) is 19.2 Å². The van der Waals surface area contributed by atoms with E-state index in [4.69, 9.17) is 5.11 Å². The summed E-state index contributed by atoms with van der Waals surface area (Å²) in [4.78, 5) is 21.9. The highest BCUT2D eigenvalue weighted by molar-refractivity contribution is 8.00. The van der Waals surface area contributed by atoms with Gasteiger partial charge in [0.1, 0.15) is 5.82 Å². The summed E-state index contributed by atoms with van der Waals surface area (Å²) >= 11 is 1.07. The molecule has 98 valence electrons. The average Bonchev–Trinajstić information content (AvgIpc) is 2.63. The third-order valence-corrected chi connectivity index (χ3v) is 3.42. The molecule has 0 radical (unpaired) electrons. The fourth-order valence-corrected chi connectivity index (χ4v) is 2.09. The van der Waals surface area contributed by atoms with E-state index in [1.165, 1.54) is 0 Å². The number of aliphatic carboxylic acids is 1. The summed E-state index contributed by atoms with van der Waals surface area (Å²) in [6.45, 7) is 1.69. The summed E-state index contributed by atoms with van der Waals surface area (Å²) in [5, 5.41) is 18.5. The first-order chi connectivity index (χ1) is 8.66. The number of amides is 1. The van der Waals surface area contributed by atoms with Gasteiger partial charge in [-0.05, 0) is 0 Å². The highest BCUT2D eigenvalue weighted by atomic mass is 32.2. The standard InChI is InChI=1S/C10H14N4O3S/c15-9(5-18-6-10(16)17)13-8-1-2-12-14(8)7-3-11-4-7/h1-2,7,11H,3-6H2,(H,13,15)(H,16,17). The smallest absolute Gasteiger partial charge is 0.313 e. The zero-order valence-electron chi connectivity index (χ0n) is 9.63. The molecule has 2 heterocycles. The van der Waals surface area contributed by atoms with Crippen LogP contribution in [0.2, 0.25) is 0 Å². The van der Waals surface area contributed by atoms with E-state index in [9.17, 15) is 9.59 Å². The van der Waals surface area contributed by atoms with E-state index < -0.39 is 5.97 Å². The number of carboxylic acids is 1. The van der Waals surface area contributed by atoms with Crippen molar-refractivity contribution in [2.24, 2.45) is 0 Å². The van der Waals surface area contributed by atoms with Gasteiger partial charge in [-0.25, -0.2) is 4.68 Å². The minimum atomic E-state index is -0.918. The molecule has 1 aliphatic heterocycles. The Hall–Kier alpha value is -1.54. The zero-order valence-corrected chi connectivity index (χ0v) is 10.4. The Morgan fingerprint density at radius 1 is 1.56 bits per heavy atom. The molecule has 1 saturated heterocycles. The van der Waals surface area contributed by atoms with Gasteiger partial charge in [-0.2, -0.15) is 5.10 Å². The quantitative estimate of drug-likeness (QED) is 0.661. The largest absolute Gasteiger partial charge is 0.481 e. The number of anilines is 1. The normalized spacial score (nSPS) is 15.1. The van der Waals surface area contributed by atoms with E-state index in [1.54, 1.807) is 16.9 Å². The highest BCUT2D eigenvalue weighted by Gasteiger charge is 2.22. The number of hydrogen-bond acceptors (Lipinski definition) is 5. The second-order valence-corrected chi connectivity index (χ2v) is 4.89. The molecule has 0 aliphatic carbocycles. The summed E-state index contributed by atoms with van der Waals surface area (Å²) in [6, 6.07) is 2.01. The summed E-state index contributed by atoms with van der Waals surface area (Å²) in [5.74, 6) is -0.421. The molecule has 3 N–H and O–H groups in total. The number of carboxylic acid groups (broad SMARTS) is 1. The number of nitrogens with one attached hydrogen (secondary N) is 2. The van der Waals surface area contributed by atoms with Gasteiger partial charge in [0.15, 0.2) is 0 Å². The molecule has 0 unspecified atom stereocenters. The maximum Gasteiger partial charge on any atom is 0.313 e. The molecule has 1 aromatic heterocycles. The van der Waals surface area contributed by atoms with Crippen LogP contribution in [-0.2, 0) is 9.59 Å². The van der Waals surface area contributed by atoms with Crippen molar-refractivity contribution in [1.82, 2.24) is 15.1 Å². The van der Waals surface area contributed by atoms with E-state index >= 15 is 0 Å². The minimum Gasteiger partial charge on any atom is -0.481 e. The van der Waals surface area contributed by atoms with Crippen LogP contribution < -0.4 is 10.6 Å². The molecule has 0 spiro atoms. The Morgan fingerprint density at radius 3 is 2.94 bits per heavy atom. The highest BCUT2D eigenvalue weighted by Crippen LogP contribution is 2.17. The van der Waals surface area contributed by atoms with E-state index in [0.717, 1.165) is 24.9 Å². The monoisotopic (exact) mass is 270 g/mol. The van der Waals surface area contributed by atoms with Crippen LogP contribution >= 0.6 is 11.8 Å². The molecular weight excluding hydrogens is 256 g/mol. The number of aromatic nitrogens is 2. The molecule has 1 aliphatic rings. The van der Waals surface area contributed by atoms with E-state index in [2.05, 4.69) is 15.7 Å². The Morgan fingerprint density at radius 2 is 2.33 bits per heavy atom. The van der Waals surface area contributed by atoms with Gasteiger partial charge < -0.3 is 15.7 Å². The first-order valence-electron chi connectivity index (χ1n) is 5.50. The number of carbonyl (C=O) groups is 2. The lowest BCUT2D eigenvalue weighted by Crippen LogP contribution is -2.44. The Balaban J connectivity index is 1.83. The van der Waals surface area contributed by atoms with Crippen molar-refractivity contribution in [3.05, 3.63) is 12.3 Å². The predicted molar refractivity (Wildman–Crippen MR) is 67.7 cm³/mol. The minimum absolute atomic E-state index is 0.0702. The SMILES string of the molecule is O=C(O)CSCC(=O)Nc1ccnn1C1CNC1. The molecule has 7 nitrogen and oxygen atoms in total. The molecule has 1 aromatic rings. The predicted octanol–water partition coefficient (Wildman–Crippen LogP) is -0.216. The van der Waals surface area contributed by atoms with Gasteiger partial charge in [0.2, 0.25) is 5.91 Å². The first-order valence-corrected chi connectivity index (χ1v) is 6.66. The maximum absolute atomic E-state index is 11.6. The van der Waals surface area contributed by atoms with Gasteiger partial charge in [0.25, 0.3) is 0 Å². The number of carbonyl (C=O) groups excluding carboxylic acids is 1. The summed E-state index contributed by atoms with van der Waals surface area (Å²) in [6.07, 6.45) is 1.64. The molecule has 1 fully saturated rings. The summed E-state index contributed by atoms with van der Waals surface area (Å²) in [5.41, 5.74) is 0. The number of nitrogens with zero attached hydrogens (tertiary/aromatic N) is 2. The van der Waals surface area contributed by atoms with Gasteiger partial charge in [-0.3, -0.25) is 9.59 Å². The third kappa shape index (κ3) is 3.23. The van der Waals surface area contributed by atoms with Crippen molar-refractivity contribution in [3.8, 4) is 0 Å². The Bertz CT molecular complexity index is 444. The van der Waals surface area contributed by atoms with Gasteiger partial charge in [-0.15, -0.1) is 11.8 Å². The topological polar surface area (TPSA) is 96.2 Å². The molecule has 0 aromatic carbocycles. The Labute approximate surface area is 108 Å². The van der Waals surface area contributed by atoms with Crippen molar-refractivity contribution < 1.29 is 14.7 Å². The molecule has 1 amide bonds. The lowest BCUT2D eigenvalue weighted by atomic mass is 10.2. The van der Waals surface area contributed by atoms with Crippen LogP contribution in [0.1, 0.15) is 6.04 Å². The lowest BCUT2D eigenvalue weighted by Gasteiger charge is -2.28. The summed E-state index contributed by atoms with van der Waals surface area (Å²) < 4.78 is 1.77. The van der Waals surface area contributed by atoms with Crippen molar-refractivity contribution in [3.63, 3.8) is 0 Å². The second kappa shape index (κ2) is 5.87. The van der Waals surface area contributed by atoms with Crippen LogP contribution in [0.4, 0.5) is 5.82 Å². The van der Waals surface area contributed by atoms with Crippen LogP contribution in [0, 0.1) is 0 Å². The van der Waals surface area contributed by atoms with Crippen molar-refractivity contribution in [2.75, 3.05) is 29.9 Å². The molecule has 0 bridgehead atoms. The zero-order chi connectivity index (χ0) is 13.0. The van der Waals surface area contributed by atoms with E-state index in [-0.39, 0.29) is 23.5 Å². The van der Waals surface area contributed by atoms with Crippen LogP contribution in [0.25, 0.3) is 0 Å². The lowest BCUT2D eigenvalue weighted by molar-refractivity contribution is -0.133. The van der Waals surface area contributed by atoms with Crippen LogP contribution in [-0.4, -0.2) is 51.4 Å². The molecule has 8 heteroatoms. The summed E-state index contributed by atoms with van der Waals surface area (Å²) in [7, 11) is 0. The van der Waals surface area contributed by atoms with Gasteiger partial charge in [0.05, 0.1) is 23.7 Å². The molecular formula is C10H14N4O3S. The van der Waals surface area contributed by atoms with Crippen LogP contribution in [0.3, 0.4) is 0 Å². The first kappa shape index (κ1) is 12.9. The fourth-order valence-electron chi connectivity index (χ4n) is 1.56. The average molecular weight is 270 g/mol. The van der Waals surface area contributed by atoms with Crippen molar-refractivity contribution >= 4 is 29.5 Å². The van der Waals surface area contributed by atoms with Crippen molar-refractivity contribution in [1.29, 1.82) is 0 Å². The van der Waals surface area contributed by atoms with E-state index in [0.29, 0.717) is 5.82 Å². The van der Waals surface area contributed by atoms with E-state index in [1.807, 2.05) is 0 Å². The Kier molecular flexibility index (Phi) is 4.21. The third-order valence-electron chi connectivity index (χ3n) is 2.50. The second-order valence-electron chi connectivity index (χ2n) is 3.91.